The van der Waals surface area contributed by atoms with Crippen molar-refractivity contribution in [1.29, 1.82) is 0 Å². The zero-order valence-electron chi connectivity index (χ0n) is 9.56. The van der Waals surface area contributed by atoms with Crippen LogP contribution in [0.4, 0.5) is 0 Å². The van der Waals surface area contributed by atoms with Crippen LogP contribution in [0.5, 0.6) is 0 Å². The molecule has 0 spiro atoms. The molecule has 0 amide bonds. The summed E-state index contributed by atoms with van der Waals surface area (Å²) in [4.78, 5) is 4.32. The van der Waals surface area contributed by atoms with Gasteiger partial charge in [0.2, 0.25) is 0 Å². The number of aliphatic imine (C=N–C) groups is 1. The fourth-order valence-corrected chi connectivity index (χ4v) is 1.91. The van der Waals surface area contributed by atoms with E-state index in [1.54, 1.807) is 0 Å². The molecule has 0 saturated heterocycles. The Balaban J connectivity index is 2.48. The van der Waals surface area contributed by atoms with Crippen LogP contribution in [0, 0.1) is 0 Å². The van der Waals surface area contributed by atoms with E-state index >= 15 is 0 Å². The summed E-state index contributed by atoms with van der Waals surface area (Å²) in [6.45, 7) is 4.86. The van der Waals surface area contributed by atoms with E-state index < -0.39 is 5.91 Å². The van der Waals surface area contributed by atoms with Gasteiger partial charge in [0.15, 0.2) is 0 Å². The molecule has 1 aromatic carbocycles. The van der Waals surface area contributed by atoms with E-state index in [9.17, 15) is 0 Å². The Morgan fingerprint density at radius 2 is 1.81 bits per heavy atom. The van der Waals surface area contributed by atoms with E-state index in [0.717, 1.165) is 11.1 Å². The number of rotatable bonds is 4. The number of nitrogens with two attached hydrogens (primary N) is 1. The van der Waals surface area contributed by atoms with Crippen molar-refractivity contribution >= 4 is 5.84 Å². The van der Waals surface area contributed by atoms with Crippen molar-refractivity contribution in [3.05, 3.63) is 35.4 Å². The molecule has 0 aliphatic carbocycles. The molecular weight excluding hydrogens is 204 g/mol. The molecule has 16 heavy (non-hydrogen) atoms. The van der Waals surface area contributed by atoms with Crippen LogP contribution < -0.4 is 5.73 Å². The fraction of sp³-hybridized carbons (Fsp3) is 0.417. The normalized spacial score (nSPS) is 17.0. The van der Waals surface area contributed by atoms with Gasteiger partial charge in [-0.2, -0.15) is 0 Å². The van der Waals surface area contributed by atoms with Crippen molar-refractivity contribution in [2.45, 2.75) is 19.8 Å². The Hall–Kier alpha value is -1.39. The van der Waals surface area contributed by atoms with Gasteiger partial charge >= 0.3 is 5.91 Å². The second kappa shape index (κ2) is 4.23. The minimum atomic E-state index is -1.04. The van der Waals surface area contributed by atoms with Gasteiger partial charge in [0.05, 0.1) is 0 Å². The summed E-state index contributed by atoms with van der Waals surface area (Å²) in [7, 11) is 0. The second-order valence-corrected chi connectivity index (χ2v) is 3.49. The number of ether oxygens (including phenoxy) is 2. The summed E-state index contributed by atoms with van der Waals surface area (Å²) in [6.07, 6.45) is 0. The molecule has 0 aromatic heterocycles. The van der Waals surface area contributed by atoms with Crippen molar-refractivity contribution in [1.82, 2.24) is 0 Å². The standard InChI is InChI=1S/C12H16N2O2/c1-3-15-12(16-4-2)10-8-6-5-7-9(10)11(13)14-12/h5-8H,3-4H2,1-2H3,(H2,13,14). The maximum atomic E-state index is 5.87. The van der Waals surface area contributed by atoms with Crippen LogP contribution in [0.1, 0.15) is 25.0 Å². The molecule has 0 unspecified atom stereocenters. The van der Waals surface area contributed by atoms with E-state index in [0.29, 0.717) is 19.0 Å². The van der Waals surface area contributed by atoms with E-state index in [1.807, 2.05) is 38.1 Å². The highest BCUT2D eigenvalue weighted by Crippen LogP contribution is 2.36. The number of fused-ring (bicyclic) bond motifs is 1. The maximum Gasteiger partial charge on any atom is 0.300 e. The minimum Gasteiger partial charge on any atom is -0.383 e. The molecule has 1 aromatic rings. The molecule has 1 aliphatic rings. The first-order valence-corrected chi connectivity index (χ1v) is 5.46. The summed E-state index contributed by atoms with van der Waals surface area (Å²) in [6, 6.07) is 7.72. The van der Waals surface area contributed by atoms with E-state index in [-0.39, 0.29) is 0 Å². The van der Waals surface area contributed by atoms with E-state index in [4.69, 9.17) is 15.2 Å². The predicted molar refractivity (Wildman–Crippen MR) is 62.1 cm³/mol. The molecule has 2 rings (SSSR count). The van der Waals surface area contributed by atoms with Gasteiger partial charge in [0.1, 0.15) is 5.84 Å². The lowest BCUT2D eigenvalue weighted by molar-refractivity contribution is -0.234. The molecule has 0 atom stereocenters. The van der Waals surface area contributed by atoms with Crippen molar-refractivity contribution in [2.24, 2.45) is 10.7 Å². The van der Waals surface area contributed by atoms with Crippen LogP contribution in [-0.4, -0.2) is 19.0 Å². The zero-order valence-corrected chi connectivity index (χ0v) is 9.56. The number of benzene rings is 1. The molecule has 0 saturated carbocycles. The zero-order chi connectivity index (χ0) is 11.6. The largest absolute Gasteiger partial charge is 0.383 e. The van der Waals surface area contributed by atoms with Crippen LogP contribution >= 0.6 is 0 Å². The van der Waals surface area contributed by atoms with Crippen molar-refractivity contribution in [3.63, 3.8) is 0 Å². The average molecular weight is 220 g/mol. The molecule has 1 heterocycles. The first kappa shape index (κ1) is 11.1. The monoisotopic (exact) mass is 220 g/mol. The highest BCUT2D eigenvalue weighted by molar-refractivity contribution is 6.01. The summed E-state index contributed by atoms with van der Waals surface area (Å²) < 4.78 is 11.3. The predicted octanol–water partition coefficient (Wildman–Crippen LogP) is 1.59. The van der Waals surface area contributed by atoms with Crippen molar-refractivity contribution in [3.8, 4) is 0 Å². The van der Waals surface area contributed by atoms with Gasteiger partial charge in [-0.05, 0) is 13.8 Å². The molecule has 2 N–H and O–H groups in total. The summed E-state index contributed by atoms with van der Waals surface area (Å²) in [5.74, 6) is -0.568. The minimum absolute atomic E-state index is 0.470. The fourth-order valence-electron chi connectivity index (χ4n) is 1.91. The third kappa shape index (κ3) is 1.60. The van der Waals surface area contributed by atoms with Crippen LogP contribution in [0.15, 0.2) is 29.3 Å². The van der Waals surface area contributed by atoms with Gasteiger partial charge in [-0.25, -0.2) is 4.99 Å². The Kier molecular flexibility index (Phi) is 2.94. The highest BCUT2D eigenvalue weighted by atomic mass is 16.7. The lowest BCUT2D eigenvalue weighted by atomic mass is 10.1. The van der Waals surface area contributed by atoms with Crippen LogP contribution in [-0.2, 0) is 15.4 Å². The Morgan fingerprint density at radius 1 is 1.19 bits per heavy atom. The van der Waals surface area contributed by atoms with E-state index in [1.165, 1.54) is 0 Å². The highest BCUT2D eigenvalue weighted by Gasteiger charge is 2.41. The molecular formula is C12H16N2O2. The number of hydrogen-bond donors (Lipinski definition) is 1. The van der Waals surface area contributed by atoms with Crippen LogP contribution in [0.2, 0.25) is 0 Å². The molecule has 0 bridgehead atoms. The summed E-state index contributed by atoms with van der Waals surface area (Å²) in [5, 5.41) is 0. The molecule has 86 valence electrons. The lowest BCUT2D eigenvalue weighted by Crippen LogP contribution is -2.29. The third-order valence-corrected chi connectivity index (χ3v) is 2.49. The van der Waals surface area contributed by atoms with Gasteiger partial charge in [0.25, 0.3) is 0 Å². The average Bonchev–Trinajstić information content (AvgIpc) is 2.55. The molecule has 4 nitrogen and oxygen atoms in total. The Labute approximate surface area is 95.1 Å². The smallest absolute Gasteiger partial charge is 0.300 e. The van der Waals surface area contributed by atoms with Gasteiger partial charge in [-0.1, -0.05) is 24.3 Å². The second-order valence-electron chi connectivity index (χ2n) is 3.49. The Bertz CT molecular complexity index is 409. The number of amidine groups is 1. The SMILES string of the molecule is CCOC1(OCC)N=C(N)c2ccccc21. The van der Waals surface area contributed by atoms with Crippen LogP contribution in [0.3, 0.4) is 0 Å². The lowest BCUT2D eigenvalue weighted by Gasteiger charge is -2.26. The van der Waals surface area contributed by atoms with Gasteiger partial charge in [-0.3, -0.25) is 0 Å². The maximum absolute atomic E-state index is 5.87. The molecule has 0 radical (unpaired) electrons. The van der Waals surface area contributed by atoms with Gasteiger partial charge in [0, 0.05) is 24.3 Å². The summed E-state index contributed by atoms with van der Waals surface area (Å²) in [5.41, 5.74) is 7.65. The summed E-state index contributed by atoms with van der Waals surface area (Å²) >= 11 is 0. The molecule has 4 heteroatoms. The van der Waals surface area contributed by atoms with Gasteiger partial charge in [-0.15, -0.1) is 0 Å². The number of hydrogen-bond acceptors (Lipinski definition) is 4. The molecule has 1 aliphatic heterocycles. The third-order valence-electron chi connectivity index (χ3n) is 2.49. The Morgan fingerprint density at radius 3 is 2.44 bits per heavy atom. The quantitative estimate of drug-likeness (QED) is 0.784. The van der Waals surface area contributed by atoms with Gasteiger partial charge < -0.3 is 15.2 Å². The topological polar surface area (TPSA) is 56.8 Å². The van der Waals surface area contributed by atoms with Crippen molar-refractivity contribution in [2.75, 3.05) is 13.2 Å². The van der Waals surface area contributed by atoms with Crippen LogP contribution in [0.25, 0.3) is 0 Å². The first-order chi connectivity index (χ1) is 7.73. The molecule has 0 fully saturated rings. The van der Waals surface area contributed by atoms with E-state index in [2.05, 4.69) is 4.99 Å². The first-order valence-electron chi connectivity index (χ1n) is 5.46. The number of nitrogens with zero attached hydrogens (tertiary/aromatic N) is 1. The van der Waals surface area contributed by atoms with Crippen molar-refractivity contribution < 1.29 is 9.47 Å².